The molecule has 0 heterocycles. The molecule has 0 radical (unpaired) electrons. The van der Waals surface area contributed by atoms with E-state index in [1.165, 1.54) is 16.8 Å². The summed E-state index contributed by atoms with van der Waals surface area (Å²) in [4.78, 5) is 0. The van der Waals surface area contributed by atoms with Crippen LogP contribution in [-0.4, -0.2) is 44.5 Å². The average Bonchev–Trinajstić information content (AvgIpc) is 2.70. The summed E-state index contributed by atoms with van der Waals surface area (Å²) >= 11 is 0. The van der Waals surface area contributed by atoms with Crippen LogP contribution >= 0.6 is 0 Å². The highest BCUT2D eigenvalue weighted by atomic mass is 16.3. The Hall–Kier alpha value is -2.46. The highest BCUT2D eigenvalue weighted by Crippen LogP contribution is 2.21. The van der Waals surface area contributed by atoms with Crippen LogP contribution < -0.4 is 4.48 Å². The van der Waals surface area contributed by atoms with Gasteiger partial charge in [-0.2, -0.15) is 0 Å². The zero-order chi connectivity index (χ0) is 20.5. The van der Waals surface area contributed by atoms with E-state index < -0.39 is 0 Å². The maximum atomic E-state index is 9.03. The van der Waals surface area contributed by atoms with Gasteiger partial charge in [-0.05, 0) is 12.1 Å². The molecule has 3 nitrogen and oxygen atoms in total. The standard InChI is InChI=1S/C15H18N.C10H16NO/c1-16(2,15-11-7-4-8-12-15)13-14-9-5-3-6-10-14;1-11(2,9-12)8-10-6-4-3-5-7-10/h3-12H,13H2,1-2H3;3-7,12H,8-9H2,1-2H3/q2*+1. The van der Waals surface area contributed by atoms with Crippen molar-refractivity contribution in [1.29, 1.82) is 0 Å². The Balaban J connectivity index is 0.000000209. The van der Waals surface area contributed by atoms with Gasteiger partial charge in [0.1, 0.15) is 18.8 Å². The molecule has 0 saturated heterocycles. The molecule has 3 aromatic rings. The van der Waals surface area contributed by atoms with Gasteiger partial charge in [-0.15, -0.1) is 0 Å². The molecule has 0 aliphatic rings. The predicted octanol–water partition coefficient (Wildman–Crippen LogP) is 4.67. The Morgan fingerprint density at radius 1 is 0.571 bits per heavy atom. The first kappa shape index (κ1) is 21.8. The van der Waals surface area contributed by atoms with E-state index in [1.54, 1.807) is 0 Å². The minimum atomic E-state index is 0.175. The summed E-state index contributed by atoms with van der Waals surface area (Å²) < 4.78 is 1.49. The lowest BCUT2D eigenvalue weighted by molar-refractivity contribution is -0.921. The van der Waals surface area contributed by atoms with Crippen LogP contribution in [0.5, 0.6) is 0 Å². The predicted molar refractivity (Wildman–Crippen MR) is 120 cm³/mol. The summed E-state index contributed by atoms with van der Waals surface area (Å²) in [5.41, 5.74) is 3.97. The Morgan fingerprint density at radius 2 is 0.964 bits per heavy atom. The SMILES string of the molecule is C[N+](C)(CO)Cc1ccccc1.C[N+](C)(Cc1ccccc1)c1ccccc1. The van der Waals surface area contributed by atoms with E-state index in [4.69, 9.17) is 5.11 Å². The molecule has 0 aromatic heterocycles. The van der Waals surface area contributed by atoms with Crippen molar-refractivity contribution < 1.29 is 9.59 Å². The third-order valence-corrected chi connectivity index (χ3v) is 4.71. The molecule has 0 spiro atoms. The number of aliphatic hydroxyl groups is 1. The summed E-state index contributed by atoms with van der Waals surface area (Å²) in [7, 11) is 8.49. The van der Waals surface area contributed by atoms with Gasteiger partial charge >= 0.3 is 0 Å². The molecule has 3 rings (SSSR count). The van der Waals surface area contributed by atoms with E-state index >= 15 is 0 Å². The maximum Gasteiger partial charge on any atom is 0.180 e. The molecule has 3 heteroatoms. The van der Waals surface area contributed by atoms with Gasteiger partial charge in [-0.25, -0.2) is 0 Å². The number of hydrogen-bond donors (Lipinski definition) is 1. The number of nitrogens with zero attached hydrogens (tertiary/aromatic N) is 2. The smallest absolute Gasteiger partial charge is 0.180 e. The normalized spacial score (nSPS) is 11.5. The second-order valence-electron chi connectivity index (χ2n) is 8.39. The first-order valence-electron chi connectivity index (χ1n) is 9.72. The quantitative estimate of drug-likeness (QED) is 0.488. The van der Waals surface area contributed by atoms with Crippen LogP contribution in [0.1, 0.15) is 11.1 Å². The molecule has 0 atom stereocenters. The molecule has 0 aliphatic heterocycles. The van der Waals surface area contributed by atoms with E-state index in [-0.39, 0.29) is 6.73 Å². The number of quaternary nitrogens is 2. The van der Waals surface area contributed by atoms with Crippen LogP contribution in [0.15, 0.2) is 91.0 Å². The van der Waals surface area contributed by atoms with Crippen molar-refractivity contribution in [3.05, 3.63) is 102 Å². The third-order valence-electron chi connectivity index (χ3n) is 4.71. The molecule has 148 valence electrons. The van der Waals surface area contributed by atoms with Gasteiger partial charge in [-0.1, -0.05) is 78.9 Å². The third kappa shape index (κ3) is 7.28. The molecule has 0 unspecified atom stereocenters. The van der Waals surface area contributed by atoms with E-state index in [1.807, 2.05) is 32.3 Å². The van der Waals surface area contributed by atoms with E-state index in [0.717, 1.165) is 17.6 Å². The molecule has 28 heavy (non-hydrogen) atoms. The Kier molecular flexibility index (Phi) is 7.94. The van der Waals surface area contributed by atoms with Gasteiger partial charge in [0.05, 0.1) is 28.2 Å². The first-order valence-corrected chi connectivity index (χ1v) is 9.72. The lowest BCUT2D eigenvalue weighted by atomic mass is 10.2. The second-order valence-corrected chi connectivity index (χ2v) is 8.39. The summed E-state index contributed by atoms with van der Waals surface area (Å²) in [5, 5.41) is 9.03. The number of rotatable bonds is 6. The fourth-order valence-corrected chi connectivity index (χ4v) is 3.09. The van der Waals surface area contributed by atoms with E-state index in [9.17, 15) is 0 Å². The van der Waals surface area contributed by atoms with Crippen LogP contribution in [0.2, 0.25) is 0 Å². The molecule has 0 saturated carbocycles. The van der Waals surface area contributed by atoms with Gasteiger partial charge in [0, 0.05) is 11.1 Å². The molecule has 3 aromatic carbocycles. The van der Waals surface area contributed by atoms with E-state index in [2.05, 4.69) is 86.9 Å². The highest BCUT2D eigenvalue weighted by Gasteiger charge is 2.18. The van der Waals surface area contributed by atoms with Crippen molar-refractivity contribution in [3.63, 3.8) is 0 Å². The van der Waals surface area contributed by atoms with Crippen LogP contribution in [0.4, 0.5) is 5.69 Å². The fourth-order valence-electron chi connectivity index (χ4n) is 3.09. The monoisotopic (exact) mass is 378 g/mol. The molecular formula is C25H34N2O+2. The Bertz CT molecular complexity index is 800. The van der Waals surface area contributed by atoms with Gasteiger partial charge in [-0.3, -0.25) is 4.48 Å². The Labute approximate surface area is 170 Å². The average molecular weight is 379 g/mol. The largest absolute Gasteiger partial charge is 0.347 e. The highest BCUT2D eigenvalue weighted by molar-refractivity contribution is 5.41. The number of benzene rings is 3. The zero-order valence-electron chi connectivity index (χ0n) is 17.6. The molecule has 1 N–H and O–H groups in total. The molecule has 0 fully saturated rings. The molecule has 0 aliphatic carbocycles. The lowest BCUT2D eigenvalue weighted by Crippen LogP contribution is -2.39. The summed E-state index contributed by atoms with van der Waals surface area (Å²) in [6.07, 6.45) is 0. The van der Waals surface area contributed by atoms with Gasteiger partial charge in [0.25, 0.3) is 0 Å². The fraction of sp³-hybridized carbons (Fsp3) is 0.280. The van der Waals surface area contributed by atoms with Crippen molar-refractivity contribution in [1.82, 2.24) is 4.48 Å². The minimum absolute atomic E-state index is 0.175. The van der Waals surface area contributed by atoms with Crippen LogP contribution in [-0.2, 0) is 13.1 Å². The zero-order valence-corrected chi connectivity index (χ0v) is 17.6. The van der Waals surface area contributed by atoms with Crippen molar-refractivity contribution in [2.45, 2.75) is 13.1 Å². The Morgan fingerprint density at radius 3 is 1.39 bits per heavy atom. The van der Waals surface area contributed by atoms with Gasteiger partial charge in [0.2, 0.25) is 0 Å². The van der Waals surface area contributed by atoms with Crippen molar-refractivity contribution in [3.8, 4) is 0 Å². The van der Waals surface area contributed by atoms with Crippen molar-refractivity contribution >= 4 is 5.69 Å². The maximum absolute atomic E-state index is 9.03. The summed E-state index contributed by atoms with van der Waals surface area (Å²) in [6.45, 7) is 2.07. The lowest BCUT2D eigenvalue weighted by Gasteiger charge is -2.29. The van der Waals surface area contributed by atoms with Crippen LogP contribution in [0.25, 0.3) is 0 Å². The summed E-state index contributed by atoms with van der Waals surface area (Å²) in [6, 6.07) is 31.4. The molecular weight excluding hydrogens is 344 g/mol. The van der Waals surface area contributed by atoms with E-state index in [0.29, 0.717) is 4.48 Å². The van der Waals surface area contributed by atoms with Crippen molar-refractivity contribution in [2.24, 2.45) is 0 Å². The molecule has 0 amide bonds. The first-order chi connectivity index (χ1) is 13.3. The second kappa shape index (κ2) is 10.2. The van der Waals surface area contributed by atoms with Crippen molar-refractivity contribution in [2.75, 3.05) is 34.9 Å². The number of hydrogen-bond acceptors (Lipinski definition) is 1. The van der Waals surface area contributed by atoms with Gasteiger partial charge in [0.15, 0.2) is 6.73 Å². The number of aliphatic hydroxyl groups excluding tert-OH is 1. The summed E-state index contributed by atoms with van der Waals surface area (Å²) in [5.74, 6) is 0. The molecule has 0 bridgehead atoms. The van der Waals surface area contributed by atoms with Gasteiger partial charge < -0.3 is 9.59 Å². The minimum Gasteiger partial charge on any atom is -0.347 e. The number of para-hydroxylation sites is 1. The topological polar surface area (TPSA) is 20.2 Å². The van der Waals surface area contributed by atoms with Crippen LogP contribution in [0.3, 0.4) is 0 Å². The van der Waals surface area contributed by atoms with Crippen LogP contribution in [0, 0.1) is 0 Å².